The molecule has 3 nitrogen and oxygen atoms in total. The molecule has 0 aromatic heterocycles. The highest BCUT2D eigenvalue weighted by molar-refractivity contribution is 5.89. The first-order valence-corrected chi connectivity index (χ1v) is 7.87. The highest BCUT2D eigenvalue weighted by Gasteiger charge is 2.66. The van der Waals surface area contributed by atoms with Crippen molar-refractivity contribution in [1.29, 1.82) is 0 Å². The van der Waals surface area contributed by atoms with Crippen LogP contribution in [0.15, 0.2) is 54.6 Å². The molecule has 1 saturated carbocycles. The predicted octanol–water partition coefficient (Wildman–Crippen LogP) is 3.46. The first kappa shape index (κ1) is 14.2. The Labute approximate surface area is 134 Å². The molecule has 2 aliphatic rings. The SMILES string of the molecule is C=C1CC2(C=O)COC(=O)C2(Cc2ccc3ccccc3c2)C1. The molecule has 116 valence electrons. The standard InChI is InChI=1S/C20H18O3/c1-14-9-19(12-21)13-23-18(22)20(19,10-14)11-15-6-7-16-4-2-3-5-17(16)8-15/h2-8,12H,1,9-11,13H2. The Morgan fingerprint density at radius 3 is 2.70 bits per heavy atom. The lowest BCUT2D eigenvalue weighted by Gasteiger charge is -2.31. The number of fused-ring (bicyclic) bond motifs is 2. The number of rotatable bonds is 3. The number of carbonyl (C=O) groups is 2. The van der Waals surface area contributed by atoms with E-state index in [9.17, 15) is 9.59 Å². The second-order valence-corrected chi connectivity index (χ2v) is 6.89. The first-order chi connectivity index (χ1) is 11.1. The van der Waals surface area contributed by atoms with Crippen molar-refractivity contribution in [3.05, 3.63) is 60.2 Å². The zero-order valence-corrected chi connectivity index (χ0v) is 12.9. The molecule has 1 aliphatic carbocycles. The molecular formula is C20H18O3. The fourth-order valence-electron chi connectivity index (χ4n) is 4.27. The number of aldehydes is 1. The zero-order chi connectivity index (χ0) is 16.1. The molecule has 0 radical (unpaired) electrons. The summed E-state index contributed by atoms with van der Waals surface area (Å²) in [7, 11) is 0. The molecule has 0 spiro atoms. The Morgan fingerprint density at radius 2 is 1.91 bits per heavy atom. The summed E-state index contributed by atoms with van der Waals surface area (Å²) in [4.78, 5) is 24.4. The van der Waals surface area contributed by atoms with E-state index in [1.165, 1.54) is 5.39 Å². The normalized spacial score (nSPS) is 29.6. The van der Waals surface area contributed by atoms with E-state index in [0.717, 1.165) is 22.8 Å². The molecule has 2 fully saturated rings. The quantitative estimate of drug-likeness (QED) is 0.495. The second kappa shape index (κ2) is 4.79. The number of hydrogen-bond acceptors (Lipinski definition) is 3. The van der Waals surface area contributed by atoms with Crippen molar-refractivity contribution in [2.45, 2.75) is 19.3 Å². The van der Waals surface area contributed by atoms with E-state index < -0.39 is 10.8 Å². The maximum atomic E-state index is 12.5. The van der Waals surface area contributed by atoms with Gasteiger partial charge >= 0.3 is 5.97 Å². The van der Waals surface area contributed by atoms with Gasteiger partial charge in [-0.25, -0.2) is 0 Å². The van der Waals surface area contributed by atoms with Crippen molar-refractivity contribution in [3.63, 3.8) is 0 Å². The molecule has 1 heterocycles. The first-order valence-electron chi connectivity index (χ1n) is 7.87. The monoisotopic (exact) mass is 306 g/mol. The summed E-state index contributed by atoms with van der Waals surface area (Å²) in [5.74, 6) is -0.253. The molecule has 23 heavy (non-hydrogen) atoms. The number of esters is 1. The van der Waals surface area contributed by atoms with Crippen LogP contribution in [0.5, 0.6) is 0 Å². The molecule has 0 bridgehead atoms. The number of cyclic esters (lactones) is 1. The van der Waals surface area contributed by atoms with Crippen molar-refractivity contribution >= 4 is 23.0 Å². The molecular weight excluding hydrogens is 288 g/mol. The molecule has 0 N–H and O–H groups in total. The summed E-state index contributed by atoms with van der Waals surface area (Å²) in [5, 5.41) is 2.31. The molecule has 2 atom stereocenters. The van der Waals surface area contributed by atoms with Crippen LogP contribution in [0.4, 0.5) is 0 Å². The van der Waals surface area contributed by atoms with Crippen LogP contribution in [-0.2, 0) is 20.7 Å². The number of allylic oxidation sites excluding steroid dienone is 1. The largest absolute Gasteiger partial charge is 0.464 e. The number of benzene rings is 2. The molecule has 2 aromatic carbocycles. The minimum atomic E-state index is -0.783. The van der Waals surface area contributed by atoms with E-state index in [1.807, 2.05) is 18.2 Å². The van der Waals surface area contributed by atoms with Gasteiger partial charge in [0.25, 0.3) is 0 Å². The molecule has 2 aromatic rings. The maximum Gasteiger partial charge on any atom is 0.313 e. The van der Waals surface area contributed by atoms with Gasteiger partial charge in [-0.15, -0.1) is 0 Å². The molecule has 1 saturated heterocycles. The van der Waals surface area contributed by atoms with Gasteiger partial charge in [-0.3, -0.25) is 4.79 Å². The Morgan fingerprint density at radius 1 is 1.13 bits per heavy atom. The molecule has 3 heteroatoms. The minimum absolute atomic E-state index is 0.182. The number of hydrogen-bond donors (Lipinski definition) is 0. The van der Waals surface area contributed by atoms with Gasteiger partial charge in [-0.2, -0.15) is 0 Å². The highest BCUT2D eigenvalue weighted by atomic mass is 16.5. The van der Waals surface area contributed by atoms with Crippen LogP contribution >= 0.6 is 0 Å². The smallest absolute Gasteiger partial charge is 0.313 e. The topological polar surface area (TPSA) is 43.4 Å². The van der Waals surface area contributed by atoms with Crippen molar-refractivity contribution in [2.24, 2.45) is 10.8 Å². The average molecular weight is 306 g/mol. The Bertz CT molecular complexity index is 838. The Balaban J connectivity index is 1.79. The van der Waals surface area contributed by atoms with E-state index >= 15 is 0 Å². The summed E-state index contributed by atoms with van der Waals surface area (Å²) in [6, 6.07) is 14.3. The average Bonchev–Trinajstić information content (AvgIpc) is 2.98. The number of ether oxygens (including phenoxy) is 1. The zero-order valence-electron chi connectivity index (χ0n) is 12.9. The lowest BCUT2D eigenvalue weighted by Crippen LogP contribution is -2.41. The van der Waals surface area contributed by atoms with Crippen molar-refractivity contribution < 1.29 is 14.3 Å². The van der Waals surface area contributed by atoms with Crippen LogP contribution in [0.3, 0.4) is 0 Å². The van der Waals surface area contributed by atoms with Gasteiger partial charge in [0.15, 0.2) is 0 Å². The summed E-state index contributed by atoms with van der Waals surface area (Å²) in [6.07, 6.45) is 2.54. The van der Waals surface area contributed by atoms with Crippen LogP contribution < -0.4 is 0 Å². The number of carbonyl (C=O) groups excluding carboxylic acids is 2. The van der Waals surface area contributed by atoms with Crippen LogP contribution in [0.1, 0.15) is 18.4 Å². The van der Waals surface area contributed by atoms with Crippen LogP contribution in [0.2, 0.25) is 0 Å². The third kappa shape index (κ3) is 1.89. The van der Waals surface area contributed by atoms with E-state index in [4.69, 9.17) is 4.74 Å². The van der Waals surface area contributed by atoms with Crippen molar-refractivity contribution in [1.82, 2.24) is 0 Å². The molecule has 0 amide bonds. The van der Waals surface area contributed by atoms with Gasteiger partial charge in [0.05, 0.1) is 10.8 Å². The Kier molecular flexibility index (Phi) is 2.95. The van der Waals surface area contributed by atoms with E-state index in [2.05, 4.69) is 30.8 Å². The summed E-state index contributed by atoms with van der Waals surface area (Å²) in [6.45, 7) is 4.22. The van der Waals surface area contributed by atoms with Crippen molar-refractivity contribution in [2.75, 3.05) is 6.61 Å². The van der Waals surface area contributed by atoms with E-state index in [-0.39, 0.29) is 12.6 Å². The van der Waals surface area contributed by atoms with E-state index in [0.29, 0.717) is 19.3 Å². The highest BCUT2D eigenvalue weighted by Crippen LogP contribution is 2.59. The second-order valence-electron chi connectivity index (χ2n) is 6.89. The van der Waals surface area contributed by atoms with Crippen molar-refractivity contribution in [3.8, 4) is 0 Å². The summed E-state index contributed by atoms with van der Waals surface area (Å²) < 4.78 is 5.31. The lowest BCUT2D eigenvalue weighted by atomic mass is 9.65. The lowest BCUT2D eigenvalue weighted by molar-refractivity contribution is -0.147. The van der Waals surface area contributed by atoms with Crippen LogP contribution in [0.25, 0.3) is 10.8 Å². The Hall–Kier alpha value is -2.42. The third-order valence-corrected chi connectivity index (χ3v) is 5.47. The fourth-order valence-corrected chi connectivity index (χ4v) is 4.27. The minimum Gasteiger partial charge on any atom is -0.464 e. The van der Waals surface area contributed by atoms with Gasteiger partial charge < -0.3 is 9.53 Å². The van der Waals surface area contributed by atoms with Gasteiger partial charge in [0.1, 0.15) is 12.9 Å². The maximum absolute atomic E-state index is 12.5. The van der Waals surface area contributed by atoms with E-state index in [1.54, 1.807) is 0 Å². The molecule has 4 rings (SSSR count). The fraction of sp³-hybridized carbons (Fsp3) is 0.300. The summed E-state index contributed by atoms with van der Waals surface area (Å²) >= 11 is 0. The third-order valence-electron chi connectivity index (χ3n) is 5.47. The summed E-state index contributed by atoms with van der Waals surface area (Å²) in [5.41, 5.74) is 0.499. The van der Waals surface area contributed by atoms with Crippen LogP contribution in [0, 0.1) is 10.8 Å². The van der Waals surface area contributed by atoms with Gasteiger partial charge in [0.2, 0.25) is 0 Å². The molecule has 1 aliphatic heterocycles. The van der Waals surface area contributed by atoms with Crippen LogP contribution in [-0.4, -0.2) is 18.9 Å². The van der Waals surface area contributed by atoms with Gasteiger partial charge in [0, 0.05) is 0 Å². The molecule has 2 unspecified atom stereocenters. The van der Waals surface area contributed by atoms with Gasteiger partial charge in [-0.05, 0) is 35.6 Å². The predicted molar refractivity (Wildman–Crippen MR) is 87.9 cm³/mol. The van der Waals surface area contributed by atoms with Gasteiger partial charge in [-0.1, -0.05) is 54.6 Å².